The third-order valence-electron chi connectivity index (χ3n) is 2.92. The lowest BCUT2D eigenvalue weighted by Gasteiger charge is -2.26. The molecule has 4 heteroatoms. The predicted octanol–water partition coefficient (Wildman–Crippen LogP) is 3.38. The Hall–Kier alpha value is -0.870. The minimum absolute atomic E-state index is 0.149. The standard InChI is InChI=1S/C14H21BrN2O/c1-8-6-10(7-9(2)11(8)15)17-13(18)12(16)14(3,4)5/h6-7,12H,16H2,1-5H3,(H,17,18). The molecular formula is C14H21BrN2O. The number of anilines is 1. The molecule has 100 valence electrons. The Bertz CT molecular complexity index is 440. The summed E-state index contributed by atoms with van der Waals surface area (Å²) in [7, 11) is 0. The van der Waals surface area contributed by atoms with Crippen LogP contribution < -0.4 is 11.1 Å². The van der Waals surface area contributed by atoms with Crippen molar-refractivity contribution in [1.29, 1.82) is 0 Å². The molecule has 18 heavy (non-hydrogen) atoms. The van der Waals surface area contributed by atoms with Crippen LogP contribution >= 0.6 is 15.9 Å². The normalized spacial score (nSPS) is 13.3. The molecule has 0 radical (unpaired) electrons. The Morgan fingerprint density at radius 3 is 2.11 bits per heavy atom. The Balaban J connectivity index is 2.90. The molecule has 0 aromatic heterocycles. The van der Waals surface area contributed by atoms with E-state index in [0.29, 0.717) is 0 Å². The van der Waals surface area contributed by atoms with Crippen molar-refractivity contribution >= 4 is 27.5 Å². The van der Waals surface area contributed by atoms with Crippen molar-refractivity contribution < 1.29 is 4.79 Å². The molecule has 0 spiro atoms. The van der Waals surface area contributed by atoms with E-state index in [-0.39, 0.29) is 11.3 Å². The summed E-state index contributed by atoms with van der Waals surface area (Å²) in [6.45, 7) is 9.85. The van der Waals surface area contributed by atoms with Gasteiger partial charge in [0, 0.05) is 10.2 Å². The van der Waals surface area contributed by atoms with Crippen LogP contribution in [-0.2, 0) is 4.79 Å². The third kappa shape index (κ3) is 3.56. The summed E-state index contributed by atoms with van der Waals surface area (Å²) in [5.74, 6) is -0.149. The van der Waals surface area contributed by atoms with Gasteiger partial charge in [-0.1, -0.05) is 36.7 Å². The first-order valence-electron chi connectivity index (χ1n) is 5.96. The van der Waals surface area contributed by atoms with Gasteiger partial charge < -0.3 is 11.1 Å². The minimum atomic E-state index is -0.526. The maximum absolute atomic E-state index is 12.0. The van der Waals surface area contributed by atoms with E-state index in [9.17, 15) is 4.79 Å². The van der Waals surface area contributed by atoms with Crippen LogP contribution in [0.15, 0.2) is 16.6 Å². The van der Waals surface area contributed by atoms with Gasteiger partial charge in [0.25, 0.3) is 0 Å². The number of carbonyl (C=O) groups is 1. The lowest BCUT2D eigenvalue weighted by atomic mass is 9.87. The molecule has 0 bridgehead atoms. The molecule has 1 atom stereocenters. The monoisotopic (exact) mass is 312 g/mol. The molecule has 1 rings (SSSR count). The number of hydrogen-bond acceptors (Lipinski definition) is 2. The van der Waals surface area contributed by atoms with E-state index in [0.717, 1.165) is 21.3 Å². The van der Waals surface area contributed by atoms with E-state index < -0.39 is 6.04 Å². The van der Waals surface area contributed by atoms with E-state index >= 15 is 0 Å². The van der Waals surface area contributed by atoms with Crippen LogP contribution in [0.2, 0.25) is 0 Å². The molecule has 0 fully saturated rings. The van der Waals surface area contributed by atoms with Crippen molar-refractivity contribution in [1.82, 2.24) is 0 Å². The number of halogens is 1. The number of aryl methyl sites for hydroxylation is 2. The second-order valence-corrected chi connectivity index (χ2v) is 6.55. The zero-order valence-electron chi connectivity index (χ0n) is 11.6. The summed E-state index contributed by atoms with van der Waals surface area (Å²) in [5, 5.41) is 2.87. The summed E-state index contributed by atoms with van der Waals surface area (Å²) >= 11 is 3.50. The SMILES string of the molecule is Cc1cc(NC(=O)C(N)C(C)(C)C)cc(C)c1Br. The molecule has 1 unspecified atom stereocenters. The zero-order valence-corrected chi connectivity index (χ0v) is 13.2. The molecule has 0 saturated carbocycles. The zero-order chi connectivity index (χ0) is 14.1. The second kappa shape index (κ2) is 5.41. The largest absolute Gasteiger partial charge is 0.325 e. The summed E-state index contributed by atoms with van der Waals surface area (Å²) in [5.41, 5.74) is 8.65. The Morgan fingerprint density at radius 1 is 1.28 bits per heavy atom. The summed E-state index contributed by atoms with van der Waals surface area (Å²) in [6, 6.07) is 3.34. The lowest BCUT2D eigenvalue weighted by molar-refractivity contribution is -0.119. The summed E-state index contributed by atoms with van der Waals surface area (Å²) < 4.78 is 1.07. The number of rotatable bonds is 2. The molecule has 0 aliphatic heterocycles. The molecule has 0 aliphatic rings. The molecule has 0 aliphatic carbocycles. The number of carbonyl (C=O) groups excluding carboxylic acids is 1. The predicted molar refractivity (Wildman–Crippen MR) is 79.7 cm³/mol. The fraction of sp³-hybridized carbons (Fsp3) is 0.500. The molecule has 3 nitrogen and oxygen atoms in total. The van der Waals surface area contributed by atoms with Gasteiger partial charge >= 0.3 is 0 Å². The maximum atomic E-state index is 12.0. The number of amides is 1. The molecule has 3 N–H and O–H groups in total. The number of benzene rings is 1. The van der Waals surface area contributed by atoms with Crippen molar-refractivity contribution in [3.63, 3.8) is 0 Å². The first kappa shape index (κ1) is 15.2. The number of nitrogens with two attached hydrogens (primary N) is 1. The molecular weight excluding hydrogens is 292 g/mol. The lowest BCUT2D eigenvalue weighted by Crippen LogP contribution is -2.45. The quantitative estimate of drug-likeness (QED) is 0.879. The van der Waals surface area contributed by atoms with Crippen molar-refractivity contribution in [3.8, 4) is 0 Å². The van der Waals surface area contributed by atoms with Crippen molar-refractivity contribution in [2.45, 2.75) is 40.7 Å². The molecule has 1 aromatic rings. The highest BCUT2D eigenvalue weighted by Crippen LogP contribution is 2.26. The van der Waals surface area contributed by atoms with Gasteiger partial charge in [-0.15, -0.1) is 0 Å². The molecule has 1 aromatic carbocycles. The minimum Gasteiger partial charge on any atom is -0.325 e. The van der Waals surface area contributed by atoms with E-state index in [2.05, 4.69) is 21.2 Å². The van der Waals surface area contributed by atoms with Gasteiger partial charge in [-0.2, -0.15) is 0 Å². The first-order valence-corrected chi connectivity index (χ1v) is 6.75. The van der Waals surface area contributed by atoms with E-state index in [1.54, 1.807) is 0 Å². The van der Waals surface area contributed by atoms with Gasteiger partial charge in [0.15, 0.2) is 0 Å². The first-order chi connectivity index (χ1) is 8.12. The van der Waals surface area contributed by atoms with Crippen LogP contribution in [0.25, 0.3) is 0 Å². The van der Waals surface area contributed by atoms with Gasteiger partial charge in [-0.3, -0.25) is 4.79 Å². The van der Waals surface area contributed by atoms with Gasteiger partial charge in [0.05, 0.1) is 6.04 Å². The Morgan fingerprint density at radius 2 is 1.72 bits per heavy atom. The van der Waals surface area contributed by atoms with Crippen LogP contribution in [0.5, 0.6) is 0 Å². The van der Waals surface area contributed by atoms with Crippen LogP contribution in [-0.4, -0.2) is 11.9 Å². The van der Waals surface area contributed by atoms with E-state index in [1.165, 1.54) is 0 Å². The van der Waals surface area contributed by atoms with E-state index in [4.69, 9.17) is 5.73 Å². The maximum Gasteiger partial charge on any atom is 0.241 e. The molecule has 1 amide bonds. The highest BCUT2D eigenvalue weighted by atomic mass is 79.9. The van der Waals surface area contributed by atoms with Crippen LogP contribution in [0.1, 0.15) is 31.9 Å². The van der Waals surface area contributed by atoms with Crippen LogP contribution in [0.4, 0.5) is 5.69 Å². The number of nitrogens with one attached hydrogen (secondary N) is 1. The fourth-order valence-corrected chi connectivity index (χ4v) is 1.86. The van der Waals surface area contributed by atoms with Crippen LogP contribution in [0.3, 0.4) is 0 Å². The van der Waals surface area contributed by atoms with Crippen molar-refractivity contribution in [3.05, 3.63) is 27.7 Å². The van der Waals surface area contributed by atoms with Gasteiger partial charge in [-0.25, -0.2) is 0 Å². The topological polar surface area (TPSA) is 55.1 Å². The molecule has 0 saturated heterocycles. The highest BCUT2D eigenvalue weighted by molar-refractivity contribution is 9.10. The summed E-state index contributed by atoms with van der Waals surface area (Å²) in [6.07, 6.45) is 0. The highest BCUT2D eigenvalue weighted by Gasteiger charge is 2.27. The van der Waals surface area contributed by atoms with Crippen molar-refractivity contribution in [2.75, 3.05) is 5.32 Å². The van der Waals surface area contributed by atoms with Gasteiger partial charge in [0.1, 0.15) is 0 Å². The number of hydrogen-bond donors (Lipinski definition) is 2. The second-order valence-electron chi connectivity index (χ2n) is 5.76. The fourth-order valence-electron chi connectivity index (χ4n) is 1.63. The van der Waals surface area contributed by atoms with Gasteiger partial charge in [0.2, 0.25) is 5.91 Å². The average molecular weight is 313 g/mol. The summed E-state index contributed by atoms with van der Waals surface area (Å²) in [4.78, 5) is 12.0. The van der Waals surface area contributed by atoms with Crippen molar-refractivity contribution in [2.24, 2.45) is 11.1 Å². The average Bonchev–Trinajstić information content (AvgIpc) is 2.23. The molecule has 0 heterocycles. The Kier molecular flexibility index (Phi) is 4.56. The third-order valence-corrected chi connectivity index (χ3v) is 4.17. The van der Waals surface area contributed by atoms with Crippen LogP contribution in [0, 0.1) is 19.3 Å². The Labute approximate surface area is 117 Å². The smallest absolute Gasteiger partial charge is 0.241 e. The van der Waals surface area contributed by atoms with E-state index in [1.807, 2.05) is 46.8 Å². The van der Waals surface area contributed by atoms with Gasteiger partial charge in [-0.05, 0) is 42.5 Å².